The van der Waals surface area contributed by atoms with E-state index >= 15 is 0 Å². The van der Waals surface area contributed by atoms with Crippen LogP contribution in [0.25, 0.3) is 0 Å². The highest BCUT2D eigenvalue weighted by Crippen LogP contribution is 2.26. The van der Waals surface area contributed by atoms with Crippen LogP contribution in [0, 0.1) is 6.92 Å². The van der Waals surface area contributed by atoms with Crippen LogP contribution in [0.2, 0.25) is 0 Å². The molecule has 4 nitrogen and oxygen atoms in total. The molecule has 1 atom stereocenters. The molecule has 0 saturated carbocycles. The third kappa shape index (κ3) is 2.48. The number of likely N-dealkylation sites (tertiary alicyclic amines) is 1. The second-order valence-electron chi connectivity index (χ2n) is 4.83. The predicted molar refractivity (Wildman–Crippen MR) is 70.3 cm³/mol. The van der Waals surface area contributed by atoms with Gasteiger partial charge in [0, 0.05) is 19.2 Å². The molecule has 2 rings (SSSR count). The number of phenolic OH excluding ortho intramolecular Hbond substituents is 1. The fraction of sp³-hybridized carbons (Fsp3) is 0.500. The van der Waals surface area contributed by atoms with Gasteiger partial charge >= 0.3 is 0 Å². The number of hydrogen-bond donors (Lipinski definition) is 2. The standard InChI is InChI=1S/C14H20N2O2/c1-10-5-3-6-11(13(10)17)9-16-8-4-7-12(16)14(18)15-2/h3,5-6,12,17H,4,7-9H2,1-2H3,(H,15,18). The molecule has 1 aromatic rings. The molecule has 4 heteroatoms. The van der Waals surface area contributed by atoms with Crippen molar-refractivity contribution in [3.63, 3.8) is 0 Å². The Labute approximate surface area is 108 Å². The van der Waals surface area contributed by atoms with Gasteiger partial charge in [0.1, 0.15) is 5.75 Å². The van der Waals surface area contributed by atoms with Crippen molar-refractivity contribution >= 4 is 5.91 Å². The Morgan fingerprint density at radius 1 is 1.56 bits per heavy atom. The Bertz CT molecular complexity index is 445. The molecule has 18 heavy (non-hydrogen) atoms. The number of nitrogens with zero attached hydrogens (tertiary/aromatic N) is 1. The molecule has 1 aliphatic heterocycles. The first-order valence-electron chi connectivity index (χ1n) is 6.36. The van der Waals surface area contributed by atoms with Crippen LogP contribution in [-0.2, 0) is 11.3 Å². The molecule has 0 bridgehead atoms. The van der Waals surface area contributed by atoms with Crippen LogP contribution in [0.1, 0.15) is 24.0 Å². The van der Waals surface area contributed by atoms with Crippen LogP contribution in [0.5, 0.6) is 5.75 Å². The quantitative estimate of drug-likeness (QED) is 0.850. The number of phenols is 1. The summed E-state index contributed by atoms with van der Waals surface area (Å²) in [5, 5.41) is 12.7. The fourth-order valence-electron chi connectivity index (χ4n) is 2.55. The van der Waals surface area contributed by atoms with Gasteiger partial charge in [-0.3, -0.25) is 9.69 Å². The molecule has 1 amide bonds. The summed E-state index contributed by atoms with van der Waals surface area (Å²) in [6, 6.07) is 5.69. The van der Waals surface area contributed by atoms with E-state index in [2.05, 4.69) is 10.2 Å². The van der Waals surface area contributed by atoms with Gasteiger partial charge < -0.3 is 10.4 Å². The maximum Gasteiger partial charge on any atom is 0.237 e. The number of nitrogens with one attached hydrogen (secondary N) is 1. The lowest BCUT2D eigenvalue weighted by Crippen LogP contribution is -2.41. The molecule has 98 valence electrons. The van der Waals surface area contributed by atoms with Crippen LogP contribution in [0.15, 0.2) is 18.2 Å². The lowest BCUT2D eigenvalue weighted by Gasteiger charge is -2.23. The molecule has 1 unspecified atom stereocenters. The Hall–Kier alpha value is -1.55. The summed E-state index contributed by atoms with van der Waals surface area (Å²) in [7, 11) is 1.67. The normalized spacial score (nSPS) is 20.0. The number of hydrogen-bond acceptors (Lipinski definition) is 3. The number of amides is 1. The highest BCUT2D eigenvalue weighted by atomic mass is 16.3. The topological polar surface area (TPSA) is 52.6 Å². The Kier molecular flexibility index (Phi) is 3.87. The number of aromatic hydroxyl groups is 1. The maximum absolute atomic E-state index is 11.8. The first-order valence-corrected chi connectivity index (χ1v) is 6.36. The van der Waals surface area contributed by atoms with E-state index in [-0.39, 0.29) is 11.9 Å². The largest absolute Gasteiger partial charge is 0.507 e. The first-order chi connectivity index (χ1) is 8.63. The molecule has 0 aromatic heterocycles. The van der Waals surface area contributed by atoms with Crippen LogP contribution < -0.4 is 5.32 Å². The van der Waals surface area contributed by atoms with Crippen LogP contribution >= 0.6 is 0 Å². The van der Waals surface area contributed by atoms with Crippen LogP contribution in [0.3, 0.4) is 0 Å². The number of carbonyl (C=O) groups is 1. The van der Waals surface area contributed by atoms with Crippen molar-refractivity contribution in [3.05, 3.63) is 29.3 Å². The van der Waals surface area contributed by atoms with Gasteiger partial charge in [-0.25, -0.2) is 0 Å². The van der Waals surface area contributed by atoms with Crippen molar-refractivity contribution in [1.82, 2.24) is 10.2 Å². The minimum absolute atomic E-state index is 0.0603. The Morgan fingerprint density at radius 2 is 2.33 bits per heavy atom. The third-order valence-electron chi connectivity index (χ3n) is 3.61. The molecular formula is C14H20N2O2. The molecule has 1 heterocycles. The molecule has 1 aromatic carbocycles. The second-order valence-corrected chi connectivity index (χ2v) is 4.83. The summed E-state index contributed by atoms with van der Waals surface area (Å²) in [6.07, 6.45) is 1.93. The number of para-hydroxylation sites is 1. The molecule has 1 aliphatic rings. The zero-order valence-electron chi connectivity index (χ0n) is 10.9. The zero-order chi connectivity index (χ0) is 13.1. The molecule has 0 radical (unpaired) electrons. The van der Waals surface area contributed by atoms with E-state index < -0.39 is 0 Å². The minimum Gasteiger partial charge on any atom is -0.507 e. The van der Waals surface area contributed by atoms with Gasteiger partial charge in [0.25, 0.3) is 0 Å². The summed E-state index contributed by atoms with van der Waals surface area (Å²) >= 11 is 0. The van der Waals surface area contributed by atoms with Gasteiger partial charge in [-0.15, -0.1) is 0 Å². The second kappa shape index (κ2) is 5.40. The summed E-state index contributed by atoms with van der Waals surface area (Å²) in [5.74, 6) is 0.416. The molecule has 1 saturated heterocycles. The van der Waals surface area contributed by atoms with E-state index in [0.717, 1.165) is 30.5 Å². The number of carbonyl (C=O) groups excluding carboxylic acids is 1. The average molecular weight is 248 g/mol. The summed E-state index contributed by atoms with van der Waals surface area (Å²) in [4.78, 5) is 13.9. The summed E-state index contributed by atoms with van der Waals surface area (Å²) in [6.45, 7) is 3.43. The van der Waals surface area contributed by atoms with Crippen LogP contribution in [-0.4, -0.2) is 35.5 Å². The minimum atomic E-state index is -0.0603. The van der Waals surface area contributed by atoms with E-state index in [9.17, 15) is 9.90 Å². The summed E-state index contributed by atoms with van der Waals surface area (Å²) in [5.41, 5.74) is 1.77. The fourth-order valence-corrected chi connectivity index (χ4v) is 2.55. The molecule has 1 fully saturated rings. The first kappa shape index (κ1) is 12.9. The van der Waals surface area contributed by atoms with Crippen molar-refractivity contribution < 1.29 is 9.90 Å². The number of aryl methyl sites for hydroxylation is 1. The number of rotatable bonds is 3. The molecule has 0 spiro atoms. The SMILES string of the molecule is CNC(=O)C1CCCN1Cc1cccc(C)c1O. The van der Waals surface area contributed by atoms with E-state index in [0.29, 0.717) is 12.3 Å². The highest BCUT2D eigenvalue weighted by molar-refractivity contribution is 5.81. The van der Waals surface area contributed by atoms with Crippen molar-refractivity contribution in [2.45, 2.75) is 32.4 Å². The van der Waals surface area contributed by atoms with Gasteiger partial charge in [-0.05, 0) is 31.9 Å². The van der Waals surface area contributed by atoms with Gasteiger partial charge in [-0.1, -0.05) is 18.2 Å². The molecule has 0 aliphatic carbocycles. The van der Waals surface area contributed by atoms with E-state index in [1.807, 2.05) is 25.1 Å². The number of likely N-dealkylation sites (N-methyl/N-ethyl adjacent to an activating group) is 1. The Morgan fingerprint density at radius 3 is 3.06 bits per heavy atom. The van der Waals surface area contributed by atoms with E-state index in [4.69, 9.17) is 0 Å². The van der Waals surface area contributed by atoms with E-state index in [1.54, 1.807) is 7.05 Å². The molecule has 2 N–H and O–H groups in total. The lowest BCUT2D eigenvalue weighted by molar-refractivity contribution is -0.125. The van der Waals surface area contributed by atoms with Crippen molar-refractivity contribution in [2.75, 3.05) is 13.6 Å². The van der Waals surface area contributed by atoms with Gasteiger partial charge in [0.05, 0.1) is 6.04 Å². The van der Waals surface area contributed by atoms with E-state index in [1.165, 1.54) is 0 Å². The monoisotopic (exact) mass is 248 g/mol. The van der Waals surface area contributed by atoms with Gasteiger partial charge in [-0.2, -0.15) is 0 Å². The summed E-state index contributed by atoms with van der Waals surface area (Å²) < 4.78 is 0. The smallest absolute Gasteiger partial charge is 0.237 e. The predicted octanol–water partition coefficient (Wildman–Crippen LogP) is 1.41. The van der Waals surface area contributed by atoms with Gasteiger partial charge in [0.2, 0.25) is 5.91 Å². The third-order valence-corrected chi connectivity index (χ3v) is 3.61. The van der Waals surface area contributed by atoms with Crippen LogP contribution in [0.4, 0.5) is 0 Å². The average Bonchev–Trinajstić information content (AvgIpc) is 2.82. The molecular weight excluding hydrogens is 228 g/mol. The van der Waals surface area contributed by atoms with Crippen molar-refractivity contribution in [3.8, 4) is 5.75 Å². The number of benzene rings is 1. The Balaban J connectivity index is 2.13. The van der Waals surface area contributed by atoms with Crippen molar-refractivity contribution in [2.24, 2.45) is 0 Å². The maximum atomic E-state index is 11.8. The van der Waals surface area contributed by atoms with Crippen molar-refractivity contribution in [1.29, 1.82) is 0 Å². The van der Waals surface area contributed by atoms with Gasteiger partial charge in [0.15, 0.2) is 0 Å². The lowest BCUT2D eigenvalue weighted by atomic mass is 10.1. The highest BCUT2D eigenvalue weighted by Gasteiger charge is 2.30. The zero-order valence-corrected chi connectivity index (χ0v) is 10.9.